The first-order valence-corrected chi connectivity index (χ1v) is 6.22. The molecule has 0 aliphatic heterocycles. The van der Waals surface area contributed by atoms with Crippen molar-refractivity contribution >= 4 is 37.8 Å². The van der Waals surface area contributed by atoms with E-state index in [1.165, 1.54) is 0 Å². The van der Waals surface area contributed by atoms with Crippen molar-refractivity contribution < 1.29 is 13.6 Å². The van der Waals surface area contributed by atoms with Crippen LogP contribution in [0.1, 0.15) is 32.6 Å². The van der Waals surface area contributed by atoms with Crippen LogP contribution in [0.4, 0.5) is 0 Å². The predicted molar refractivity (Wildman–Crippen MR) is 64.4 cm³/mol. The SMILES string of the molecule is CCO[PH](=O)OC(N)CCCCCN.[NaH]. The summed E-state index contributed by atoms with van der Waals surface area (Å²) in [6, 6.07) is 0. The first-order chi connectivity index (χ1) is 6.70. The van der Waals surface area contributed by atoms with Crippen LogP contribution < -0.4 is 11.5 Å². The van der Waals surface area contributed by atoms with E-state index >= 15 is 0 Å². The van der Waals surface area contributed by atoms with Crippen LogP contribution >= 0.6 is 8.25 Å². The van der Waals surface area contributed by atoms with Gasteiger partial charge in [-0.3, -0.25) is 9.09 Å². The second-order valence-corrected chi connectivity index (χ2v) is 4.00. The van der Waals surface area contributed by atoms with E-state index in [0.717, 1.165) is 19.3 Å². The van der Waals surface area contributed by atoms with Gasteiger partial charge in [-0.1, -0.05) is 6.42 Å². The van der Waals surface area contributed by atoms with Gasteiger partial charge in [-0.2, -0.15) is 0 Å². The topological polar surface area (TPSA) is 87.6 Å². The van der Waals surface area contributed by atoms with Crippen LogP contribution in [-0.2, 0) is 13.6 Å². The van der Waals surface area contributed by atoms with E-state index in [1.807, 2.05) is 0 Å². The third kappa shape index (κ3) is 13.0. The Kier molecular flexibility index (Phi) is 16.1. The second kappa shape index (κ2) is 13.1. The van der Waals surface area contributed by atoms with Gasteiger partial charge >= 0.3 is 37.8 Å². The zero-order chi connectivity index (χ0) is 10.8. The molecule has 0 rings (SSSR count). The Morgan fingerprint density at radius 3 is 2.53 bits per heavy atom. The zero-order valence-electron chi connectivity index (χ0n) is 8.70. The van der Waals surface area contributed by atoms with E-state index in [0.29, 0.717) is 19.6 Å². The maximum absolute atomic E-state index is 11.0. The Bertz CT molecular complexity index is 163. The molecule has 0 aromatic heterocycles. The molecule has 0 aromatic rings. The van der Waals surface area contributed by atoms with E-state index in [2.05, 4.69) is 0 Å². The molecular weight excluding hydrogens is 226 g/mol. The van der Waals surface area contributed by atoms with E-state index in [9.17, 15) is 4.57 Å². The van der Waals surface area contributed by atoms with Crippen molar-refractivity contribution in [1.82, 2.24) is 0 Å². The summed E-state index contributed by atoms with van der Waals surface area (Å²) < 4.78 is 20.7. The van der Waals surface area contributed by atoms with Gasteiger partial charge < -0.3 is 16.0 Å². The molecule has 7 heteroatoms. The summed E-state index contributed by atoms with van der Waals surface area (Å²) in [5.74, 6) is 0. The molecule has 5 nitrogen and oxygen atoms in total. The third-order valence-electron chi connectivity index (χ3n) is 1.70. The summed E-state index contributed by atoms with van der Waals surface area (Å²) >= 11 is 0. The standard InChI is InChI=1S/C8H21N2O3P.Na.H/c1-2-12-14(11)13-8(10)6-4-3-5-7-9;;/h8,14H,2-7,9-10H2,1H3;;. The van der Waals surface area contributed by atoms with E-state index in [4.69, 9.17) is 20.5 Å². The van der Waals surface area contributed by atoms with Gasteiger partial charge in [-0.05, 0) is 32.7 Å². The first kappa shape index (κ1) is 18.4. The number of nitrogens with two attached hydrogens (primary N) is 2. The van der Waals surface area contributed by atoms with E-state index < -0.39 is 14.5 Å². The molecule has 0 aliphatic rings. The van der Waals surface area contributed by atoms with Gasteiger partial charge in [0.05, 0.1) is 6.61 Å². The molecule has 0 aromatic carbocycles. The number of hydrogen-bond donors (Lipinski definition) is 2. The molecule has 0 aliphatic carbocycles. The van der Waals surface area contributed by atoms with Crippen molar-refractivity contribution in [3.63, 3.8) is 0 Å². The van der Waals surface area contributed by atoms with Crippen molar-refractivity contribution in [3.05, 3.63) is 0 Å². The minimum absolute atomic E-state index is 0. The minimum atomic E-state index is -2.38. The Hall–Kier alpha value is 1.07. The zero-order valence-corrected chi connectivity index (χ0v) is 9.70. The molecule has 0 fully saturated rings. The molecule has 15 heavy (non-hydrogen) atoms. The van der Waals surface area contributed by atoms with Crippen molar-refractivity contribution in [1.29, 1.82) is 0 Å². The number of hydrogen-bond acceptors (Lipinski definition) is 5. The normalized spacial score (nSPS) is 14.3. The van der Waals surface area contributed by atoms with Gasteiger partial charge in [0.25, 0.3) is 0 Å². The van der Waals surface area contributed by atoms with E-state index in [1.54, 1.807) is 6.92 Å². The molecule has 2 atom stereocenters. The van der Waals surface area contributed by atoms with Crippen LogP contribution in [0.5, 0.6) is 0 Å². The predicted octanol–water partition coefficient (Wildman–Crippen LogP) is 0.585. The Morgan fingerprint density at radius 1 is 1.33 bits per heavy atom. The van der Waals surface area contributed by atoms with E-state index in [-0.39, 0.29) is 29.6 Å². The Morgan fingerprint density at radius 2 is 2.00 bits per heavy atom. The van der Waals surface area contributed by atoms with Gasteiger partial charge in [-0.25, -0.2) is 0 Å². The van der Waals surface area contributed by atoms with Crippen LogP contribution in [0.25, 0.3) is 0 Å². The van der Waals surface area contributed by atoms with Crippen LogP contribution in [0, 0.1) is 0 Å². The monoisotopic (exact) mass is 248 g/mol. The summed E-state index contributed by atoms with van der Waals surface area (Å²) in [6.07, 6.45) is 3.19. The van der Waals surface area contributed by atoms with Crippen LogP contribution in [-0.4, -0.2) is 48.9 Å². The molecule has 88 valence electrons. The summed E-state index contributed by atoms with van der Waals surface area (Å²) in [7, 11) is -2.38. The summed E-state index contributed by atoms with van der Waals surface area (Å²) in [5.41, 5.74) is 10.9. The molecule has 0 radical (unpaired) electrons. The Labute approximate surface area is 114 Å². The fourth-order valence-corrected chi connectivity index (χ4v) is 1.67. The van der Waals surface area contributed by atoms with Crippen LogP contribution in [0.15, 0.2) is 0 Å². The molecule has 2 unspecified atom stereocenters. The molecule has 0 amide bonds. The Balaban J connectivity index is 0. The molecule has 0 saturated carbocycles. The van der Waals surface area contributed by atoms with Crippen molar-refractivity contribution in [3.8, 4) is 0 Å². The average molecular weight is 248 g/mol. The summed E-state index contributed by atoms with van der Waals surface area (Å²) in [4.78, 5) is 0. The van der Waals surface area contributed by atoms with Crippen molar-refractivity contribution in [2.75, 3.05) is 13.2 Å². The van der Waals surface area contributed by atoms with Crippen LogP contribution in [0.3, 0.4) is 0 Å². The molecule has 0 saturated heterocycles. The molecule has 4 N–H and O–H groups in total. The summed E-state index contributed by atoms with van der Waals surface area (Å²) in [5, 5.41) is 0. The quantitative estimate of drug-likeness (QED) is 0.270. The van der Waals surface area contributed by atoms with Gasteiger partial charge in [0.15, 0.2) is 0 Å². The van der Waals surface area contributed by atoms with Gasteiger partial charge in [0.1, 0.15) is 6.23 Å². The van der Waals surface area contributed by atoms with Crippen molar-refractivity contribution in [2.45, 2.75) is 38.8 Å². The maximum atomic E-state index is 11.0. The second-order valence-electron chi connectivity index (χ2n) is 2.98. The fourth-order valence-electron chi connectivity index (χ4n) is 1.00. The van der Waals surface area contributed by atoms with Gasteiger partial charge in [0.2, 0.25) is 0 Å². The van der Waals surface area contributed by atoms with Gasteiger partial charge in [-0.15, -0.1) is 0 Å². The average Bonchev–Trinajstić information content (AvgIpc) is 2.13. The first-order valence-electron chi connectivity index (χ1n) is 4.99. The molecule has 0 bridgehead atoms. The summed E-state index contributed by atoms with van der Waals surface area (Å²) in [6.45, 7) is 2.85. The molecular formula is C8H22N2NaO3P. The molecule has 0 spiro atoms. The van der Waals surface area contributed by atoms with Gasteiger partial charge in [0, 0.05) is 0 Å². The number of rotatable bonds is 9. The fraction of sp³-hybridized carbons (Fsp3) is 1.00. The molecule has 0 heterocycles. The number of unbranched alkanes of at least 4 members (excludes halogenated alkanes) is 2. The van der Waals surface area contributed by atoms with Crippen molar-refractivity contribution in [2.24, 2.45) is 11.5 Å². The third-order valence-corrected chi connectivity index (χ3v) is 2.72. The van der Waals surface area contributed by atoms with Crippen LogP contribution in [0.2, 0.25) is 0 Å².